The van der Waals surface area contributed by atoms with Crippen LogP contribution in [-0.2, 0) is 17.9 Å². The number of rotatable bonds is 5. The summed E-state index contributed by atoms with van der Waals surface area (Å²) in [5.74, 6) is -0.585. The van der Waals surface area contributed by atoms with E-state index in [1.165, 1.54) is 34.1 Å². The second-order valence-corrected chi connectivity index (χ2v) is 6.68. The Labute approximate surface area is 165 Å². The number of para-hydroxylation sites is 1. The van der Waals surface area contributed by atoms with Crippen LogP contribution in [0, 0.1) is 5.82 Å². The molecule has 0 unspecified atom stereocenters. The highest BCUT2D eigenvalue weighted by atomic mass is 19.1. The van der Waals surface area contributed by atoms with E-state index in [1.807, 2.05) is 30.3 Å². The summed E-state index contributed by atoms with van der Waals surface area (Å²) in [6.07, 6.45) is 2.82. The van der Waals surface area contributed by atoms with E-state index < -0.39 is 0 Å². The summed E-state index contributed by atoms with van der Waals surface area (Å²) >= 11 is 0. The molecule has 7 nitrogen and oxygen atoms in total. The first-order chi connectivity index (χ1) is 14.0. The van der Waals surface area contributed by atoms with Crippen molar-refractivity contribution in [2.75, 3.05) is 7.05 Å². The molecule has 8 heteroatoms. The van der Waals surface area contributed by atoms with E-state index in [4.69, 9.17) is 0 Å². The van der Waals surface area contributed by atoms with Crippen molar-refractivity contribution in [1.29, 1.82) is 0 Å². The molecule has 4 aromatic rings. The number of hydrogen-bond donors (Lipinski definition) is 0. The minimum absolute atomic E-state index is 0.143. The molecule has 0 aliphatic carbocycles. The molecule has 0 aliphatic rings. The fourth-order valence-electron chi connectivity index (χ4n) is 3.04. The summed E-state index contributed by atoms with van der Waals surface area (Å²) in [6.45, 7) is 0.172. The van der Waals surface area contributed by atoms with Crippen LogP contribution in [0.4, 0.5) is 4.39 Å². The number of halogens is 1. The Balaban J connectivity index is 1.55. The third-order valence-corrected chi connectivity index (χ3v) is 4.62. The zero-order valence-electron chi connectivity index (χ0n) is 15.7. The van der Waals surface area contributed by atoms with Gasteiger partial charge in [0, 0.05) is 13.6 Å². The number of carbonyl (C=O) groups is 1. The number of benzene rings is 2. The third-order valence-electron chi connectivity index (χ3n) is 4.62. The van der Waals surface area contributed by atoms with Crippen LogP contribution < -0.4 is 5.56 Å². The number of nitrogens with zero attached hydrogens (tertiary/aromatic N) is 5. The molecule has 0 saturated carbocycles. The van der Waals surface area contributed by atoms with Crippen LogP contribution in [0.1, 0.15) is 5.56 Å². The lowest BCUT2D eigenvalue weighted by molar-refractivity contribution is -0.131. The smallest absolute Gasteiger partial charge is 0.264 e. The fraction of sp³-hybridized carbons (Fsp3) is 0.143. The summed E-state index contributed by atoms with van der Waals surface area (Å²) < 4.78 is 15.9. The van der Waals surface area contributed by atoms with Crippen LogP contribution >= 0.6 is 0 Å². The predicted octanol–water partition coefficient (Wildman–Crippen LogP) is 2.38. The number of carbonyl (C=O) groups excluding carboxylic acids is 1. The van der Waals surface area contributed by atoms with E-state index in [-0.39, 0.29) is 23.8 Å². The van der Waals surface area contributed by atoms with E-state index >= 15 is 0 Å². The lowest BCUT2D eigenvalue weighted by Gasteiger charge is -2.18. The Morgan fingerprint density at radius 3 is 2.55 bits per heavy atom. The first-order valence-electron chi connectivity index (χ1n) is 9.00. The van der Waals surface area contributed by atoms with E-state index in [0.29, 0.717) is 17.6 Å². The number of amides is 1. The molecule has 0 N–H and O–H groups in total. The zero-order chi connectivity index (χ0) is 20.4. The maximum Gasteiger partial charge on any atom is 0.264 e. The van der Waals surface area contributed by atoms with Crippen LogP contribution in [0.15, 0.2) is 71.9 Å². The van der Waals surface area contributed by atoms with Gasteiger partial charge in [-0.2, -0.15) is 5.10 Å². The van der Waals surface area contributed by atoms with Gasteiger partial charge in [-0.15, -0.1) is 0 Å². The highest BCUT2D eigenvalue weighted by molar-refractivity contribution is 5.77. The van der Waals surface area contributed by atoms with Crippen LogP contribution in [0.25, 0.3) is 16.7 Å². The standard InChI is InChI=1S/C21H18FN5O2/c1-25(12-15-7-9-16(22)10-8-15)19(28)13-26-14-23-20-18(21(26)29)11-24-27(20)17-5-3-2-4-6-17/h2-11,14H,12-13H2,1H3. The maximum absolute atomic E-state index is 13.0. The molecule has 2 aromatic carbocycles. The molecule has 0 bridgehead atoms. The zero-order valence-corrected chi connectivity index (χ0v) is 15.7. The SMILES string of the molecule is CN(Cc1ccc(F)cc1)C(=O)Cn1cnc2c(cnn2-c2ccccc2)c1=O. The number of hydrogen-bond acceptors (Lipinski definition) is 4. The minimum atomic E-state index is -0.333. The van der Waals surface area contributed by atoms with E-state index in [2.05, 4.69) is 10.1 Å². The second kappa shape index (κ2) is 7.67. The van der Waals surface area contributed by atoms with Gasteiger partial charge in [-0.1, -0.05) is 30.3 Å². The van der Waals surface area contributed by atoms with Gasteiger partial charge in [0.15, 0.2) is 5.65 Å². The van der Waals surface area contributed by atoms with Gasteiger partial charge in [-0.05, 0) is 29.8 Å². The van der Waals surface area contributed by atoms with Gasteiger partial charge in [-0.3, -0.25) is 14.2 Å². The molecule has 0 fully saturated rings. The Kier molecular flexibility index (Phi) is 4.90. The maximum atomic E-state index is 13.0. The highest BCUT2D eigenvalue weighted by Gasteiger charge is 2.15. The van der Waals surface area contributed by atoms with Crippen molar-refractivity contribution in [3.63, 3.8) is 0 Å². The molecule has 2 aromatic heterocycles. The van der Waals surface area contributed by atoms with Gasteiger partial charge in [0.2, 0.25) is 5.91 Å². The molecule has 1 amide bonds. The van der Waals surface area contributed by atoms with E-state index in [0.717, 1.165) is 11.3 Å². The Morgan fingerprint density at radius 1 is 1.10 bits per heavy atom. The van der Waals surface area contributed by atoms with Gasteiger partial charge in [0.05, 0.1) is 11.9 Å². The summed E-state index contributed by atoms with van der Waals surface area (Å²) in [5, 5.41) is 4.60. The third kappa shape index (κ3) is 3.77. The lowest BCUT2D eigenvalue weighted by Crippen LogP contribution is -2.33. The van der Waals surface area contributed by atoms with Crippen LogP contribution in [0.2, 0.25) is 0 Å². The average Bonchev–Trinajstić information content (AvgIpc) is 3.17. The molecule has 0 radical (unpaired) electrons. The molecular weight excluding hydrogens is 373 g/mol. The van der Waals surface area contributed by atoms with Gasteiger partial charge in [0.1, 0.15) is 24.1 Å². The predicted molar refractivity (Wildman–Crippen MR) is 106 cm³/mol. The number of fused-ring (bicyclic) bond motifs is 1. The molecule has 0 atom stereocenters. The Hall–Kier alpha value is -3.81. The van der Waals surface area contributed by atoms with Crippen molar-refractivity contribution in [2.24, 2.45) is 0 Å². The van der Waals surface area contributed by atoms with Crippen molar-refractivity contribution in [3.8, 4) is 5.69 Å². The van der Waals surface area contributed by atoms with Crippen LogP contribution in [0.5, 0.6) is 0 Å². The molecule has 0 saturated heterocycles. The minimum Gasteiger partial charge on any atom is -0.340 e. The van der Waals surface area contributed by atoms with Crippen molar-refractivity contribution >= 4 is 16.9 Å². The summed E-state index contributed by atoms with van der Waals surface area (Å²) in [7, 11) is 1.64. The largest absolute Gasteiger partial charge is 0.340 e. The molecular formula is C21H18FN5O2. The summed E-state index contributed by atoms with van der Waals surface area (Å²) in [5.41, 5.74) is 1.69. The molecule has 0 aliphatic heterocycles. The van der Waals surface area contributed by atoms with Crippen molar-refractivity contribution in [3.05, 3.63) is 88.9 Å². The summed E-state index contributed by atoms with van der Waals surface area (Å²) in [6, 6.07) is 15.3. The highest BCUT2D eigenvalue weighted by Crippen LogP contribution is 2.13. The Morgan fingerprint density at radius 2 is 1.83 bits per heavy atom. The summed E-state index contributed by atoms with van der Waals surface area (Å²) in [4.78, 5) is 31.1. The van der Waals surface area contributed by atoms with Crippen LogP contribution in [0.3, 0.4) is 0 Å². The van der Waals surface area contributed by atoms with E-state index in [9.17, 15) is 14.0 Å². The van der Waals surface area contributed by atoms with Gasteiger partial charge in [0.25, 0.3) is 5.56 Å². The molecule has 0 spiro atoms. The van der Waals surface area contributed by atoms with Gasteiger partial charge < -0.3 is 4.90 Å². The number of aromatic nitrogens is 4. The fourth-order valence-corrected chi connectivity index (χ4v) is 3.04. The quantitative estimate of drug-likeness (QED) is 0.524. The van der Waals surface area contributed by atoms with Crippen molar-refractivity contribution in [2.45, 2.75) is 13.1 Å². The monoisotopic (exact) mass is 391 g/mol. The first-order valence-corrected chi connectivity index (χ1v) is 9.00. The van der Waals surface area contributed by atoms with Crippen molar-refractivity contribution in [1.82, 2.24) is 24.2 Å². The normalized spacial score (nSPS) is 11.0. The Bertz CT molecular complexity index is 1220. The lowest BCUT2D eigenvalue weighted by atomic mass is 10.2. The molecule has 2 heterocycles. The molecule has 146 valence electrons. The van der Waals surface area contributed by atoms with Gasteiger partial charge >= 0.3 is 0 Å². The number of likely N-dealkylation sites (N-methyl/N-ethyl adjacent to an activating group) is 1. The van der Waals surface area contributed by atoms with Crippen molar-refractivity contribution < 1.29 is 9.18 Å². The van der Waals surface area contributed by atoms with Gasteiger partial charge in [-0.25, -0.2) is 14.1 Å². The average molecular weight is 391 g/mol. The van der Waals surface area contributed by atoms with E-state index in [1.54, 1.807) is 23.9 Å². The second-order valence-electron chi connectivity index (χ2n) is 6.68. The molecule has 4 rings (SSSR count). The van der Waals surface area contributed by atoms with Crippen LogP contribution in [-0.4, -0.2) is 37.2 Å². The first kappa shape index (κ1) is 18.5. The molecule has 29 heavy (non-hydrogen) atoms. The topological polar surface area (TPSA) is 73.0 Å².